The molecule has 0 aromatic carbocycles. The monoisotopic (exact) mass is 255 g/mol. The summed E-state index contributed by atoms with van der Waals surface area (Å²) in [5.41, 5.74) is 3.48. The van der Waals surface area contributed by atoms with E-state index in [1.165, 1.54) is 0 Å². The van der Waals surface area contributed by atoms with Gasteiger partial charge in [0.15, 0.2) is 5.65 Å². The van der Waals surface area contributed by atoms with Gasteiger partial charge in [0.05, 0.1) is 43.1 Å². The first-order chi connectivity index (χ1) is 9.38. The lowest BCUT2D eigenvalue weighted by atomic mass is 10.2. The van der Waals surface area contributed by atoms with E-state index >= 15 is 0 Å². The number of aliphatic hydroxyl groups is 1. The number of nitrogens with zero attached hydrogens (tertiary/aromatic N) is 4. The van der Waals surface area contributed by atoms with Crippen LogP contribution in [0.3, 0.4) is 0 Å². The molecule has 6 heteroatoms. The maximum absolute atomic E-state index is 9.25. The number of nitrogens with one attached hydrogen (secondary N) is 1. The fourth-order valence-corrected chi connectivity index (χ4v) is 1.93. The van der Waals surface area contributed by atoms with E-state index in [0.717, 1.165) is 22.6 Å². The fraction of sp³-hybridized carbons (Fsp3) is 0.154. The van der Waals surface area contributed by atoms with Crippen molar-refractivity contribution in [3.05, 3.63) is 54.5 Å². The van der Waals surface area contributed by atoms with Gasteiger partial charge in [0.1, 0.15) is 0 Å². The average Bonchev–Trinajstić information content (AvgIpc) is 2.89. The molecule has 3 heterocycles. The second-order valence-electron chi connectivity index (χ2n) is 4.10. The summed E-state index contributed by atoms with van der Waals surface area (Å²) in [5, 5.41) is 12.5. The number of rotatable bonds is 4. The summed E-state index contributed by atoms with van der Waals surface area (Å²) in [6, 6.07) is 1.79. The van der Waals surface area contributed by atoms with Crippen LogP contribution in [0.25, 0.3) is 5.65 Å². The zero-order valence-corrected chi connectivity index (χ0v) is 10.2. The van der Waals surface area contributed by atoms with E-state index in [4.69, 9.17) is 0 Å². The van der Waals surface area contributed by atoms with Gasteiger partial charge in [-0.15, -0.1) is 0 Å². The lowest BCUT2D eigenvalue weighted by molar-refractivity contribution is 0.282. The summed E-state index contributed by atoms with van der Waals surface area (Å²) in [4.78, 5) is 12.3. The van der Waals surface area contributed by atoms with E-state index in [0.29, 0.717) is 6.54 Å². The van der Waals surface area contributed by atoms with Gasteiger partial charge in [-0.2, -0.15) is 0 Å². The highest BCUT2D eigenvalue weighted by Gasteiger charge is 2.04. The molecule has 0 spiro atoms. The Morgan fingerprint density at radius 3 is 2.95 bits per heavy atom. The second kappa shape index (κ2) is 5.03. The summed E-state index contributed by atoms with van der Waals surface area (Å²) in [5.74, 6) is 0. The third kappa shape index (κ3) is 2.25. The van der Waals surface area contributed by atoms with Crippen LogP contribution in [0.15, 0.2) is 43.2 Å². The van der Waals surface area contributed by atoms with Crippen molar-refractivity contribution in [3.8, 4) is 0 Å². The van der Waals surface area contributed by atoms with E-state index in [1.54, 1.807) is 37.1 Å². The summed E-state index contributed by atoms with van der Waals surface area (Å²) in [6.07, 6.45) is 10.5. The minimum atomic E-state index is -0.0120. The Bertz CT molecular complexity index is 694. The van der Waals surface area contributed by atoms with Crippen molar-refractivity contribution >= 4 is 11.3 Å². The van der Waals surface area contributed by atoms with Crippen LogP contribution in [-0.2, 0) is 13.2 Å². The number of pyridine rings is 1. The van der Waals surface area contributed by atoms with Crippen LogP contribution in [0.5, 0.6) is 0 Å². The predicted molar refractivity (Wildman–Crippen MR) is 70.5 cm³/mol. The molecule has 96 valence electrons. The lowest BCUT2D eigenvalue weighted by Gasteiger charge is -2.09. The van der Waals surface area contributed by atoms with Crippen molar-refractivity contribution in [3.63, 3.8) is 0 Å². The highest BCUT2D eigenvalue weighted by molar-refractivity contribution is 5.49. The molecule has 0 bridgehead atoms. The molecule has 6 nitrogen and oxygen atoms in total. The van der Waals surface area contributed by atoms with Crippen LogP contribution in [0.1, 0.15) is 11.3 Å². The molecule has 3 aromatic rings. The Kier molecular flexibility index (Phi) is 3.07. The highest BCUT2D eigenvalue weighted by Crippen LogP contribution is 2.14. The molecule has 0 aliphatic rings. The van der Waals surface area contributed by atoms with Crippen molar-refractivity contribution in [1.29, 1.82) is 0 Å². The predicted octanol–water partition coefficient (Wildman–Crippen LogP) is 1.23. The maximum atomic E-state index is 9.25. The van der Waals surface area contributed by atoms with Gasteiger partial charge in [0.25, 0.3) is 0 Å². The summed E-state index contributed by atoms with van der Waals surface area (Å²) in [6.45, 7) is 0.589. The first kappa shape index (κ1) is 11.6. The topological polar surface area (TPSA) is 75.3 Å². The lowest BCUT2D eigenvalue weighted by Crippen LogP contribution is -2.05. The Morgan fingerprint density at radius 2 is 2.05 bits per heavy atom. The van der Waals surface area contributed by atoms with Gasteiger partial charge in [-0.1, -0.05) is 0 Å². The highest BCUT2D eigenvalue weighted by atomic mass is 16.3. The minimum absolute atomic E-state index is 0.0120. The van der Waals surface area contributed by atoms with Gasteiger partial charge in [-0.25, -0.2) is 4.98 Å². The largest absolute Gasteiger partial charge is 0.392 e. The molecule has 3 aromatic heterocycles. The Balaban J connectivity index is 1.82. The first-order valence-electron chi connectivity index (χ1n) is 5.92. The van der Waals surface area contributed by atoms with E-state index in [-0.39, 0.29) is 6.61 Å². The molecule has 0 aliphatic heterocycles. The molecule has 0 saturated heterocycles. The van der Waals surface area contributed by atoms with Crippen molar-refractivity contribution < 1.29 is 5.11 Å². The van der Waals surface area contributed by atoms with Crippen molar-refractivity contribution in [2.45, 2.75) is 13.2 Å². The van der Waals surface area contributed by atoms with Gasteiger partial charge >= 0.3 is 0 Å². The number of fused-ring (bicyclic) bond motifs is 1. The fourth-order valence-electron chi connectivity index (χ4n) is 1.93. The van der Waals surface area contributed by atoms with E-state index in [9.17, 15) is 5.11 Å². The smallest absolute Gasteiger partial charge is 0.155 e. The molecule has 0 aliphatic carbocycles. The number of aliphatic hydroxyl groups excluding tert-OH is 1. The summed E-state index contributed by atoms with van der Waals surface area (Å²) >= 11 is 0. The molecule has 3 rings (SSSR count). The number of aromatic nitrogens is 4. The standard InChI is InChI=1S/C13H13N5O/c19-9-10-1-2-14-7-12(10)16-5-11-6-17-13-8-15-3-4-18(11)13/h1-4,6-8,16,19H,5,9H2. The van der Waals surface area contributed by atoms with Gasteiger partial charge in [-0.05, 0) is 6.07 Å². The van der Waals surface area contributed by atoms with Crippen LogP contribution < -0.4 is 5.32 Å². The molecule has 0 amide bonds. The molecule has 0 saturated carbocycles. The van der Waals surface area contributed by atoms with Crippen LogP contribution in [0.4, 0.5) is 5.69 Å². The van der Waals surface area contributed by atoms with Gasteiger partial charge in [0.2, 0.25) is 0 Å². The zero-order chi connectivity index (χ0) is 13.1. The SMILES string of the molecule is OCc1ccncc1NCc1cnc2cnccn12. The van der Waals surface area contributed by atoms with Crippen molar-refractivity contribution in [2.24, 2.45) is 0 Å². The number of anilines is 1. The Morgan fingerprint density at radius 1 is 1.16 bits per heavy atom. The van der Waals surface area contributed by atoms with Crippen LogP contribution in [0, 0.1) is 0 Å². The van der Waals surface area contributed by atoms with Gasteiger partial charge in [0, 0.05) is 24.2 Å². The van der Waals surface area contributed by atoms with E-state index < -0.39 is 0 Å². The maximum Gasteiger partial charge on any atom is 0.155 e. The molecule has 0 atom stereocenters. The van der Waals surface area contributed by atoms with Gasteiger partial charge < -0.3 is 10.4 Å². The summed E-state index contributed by atoms with van der Waals surface area (Å²) < 4.78 is 1.97. The quantitative estimate of drug-likeness (QED) is 0.733. The number of hydrogen-bond donors (Lipinski definition) is 2. The molecule has 0 radical (unpaired) electrons. The third-order valence-electron chi connectivity index (χ3n) is 2.94. The van der Waals surface area contributed by atoms with Crippen molar-refractivity contribution in [1.82, 2.24) is 19.4 Å². The summed E-state index contributed by atoms with van der Waals surface area (Å²) in [7, 11) is 0. The number of hydrogen-bond acceptors (Lipinski definition) is 5. The molecular weight excluding hydrogens is 242 g/mol. The van der Waals surface area contributed by atoms with Crippen molar-refractivity contribution in [2.75, 3.05) is 5.32 Å². The molecule has 0 fully saturated rings. The molecule has 2 N–H and O–H groups in total. The van der Waals surface area contributed by atoms with Crippen LogP contribution in [0.2, 0.25) is 0 Å². The van der Waals surface area contributed by atoms with Crippen LogP contribution in [-0.4, -0.2) is 24.5 Å². The molecular formula is C13H13N5O. The zero-order valence-electron chi connectivity index (χ0n) is 10.2. The van der Waals surface area contributed by atoms with Gasteiger partial charge in [-0.3, -0.25) is 14.4 Å². The second-order valence-corrected chi connectivity index (χ2v) is 4.10. The first-order valence-corrected chi connectivity index (χ1v) is 5.92. The normalized spacial score (nSPS) is 10.8. The van der Waals surface area contributed by atoms with Crippen LogP contribution >= 0.6 is 0 Å². The average molecular weight is 255 g/mol. The van der Waals surface area contributed by atoms with E-state index in [1.807, 2.05) is 10.6 Å². The Labute approximate surface area is 109 Å². The minimum Gasteiger partial charge on any atom is -0.392 e. The molecule has 0 unspecified atom stereocenters. The molecule has 19 heavy (non-hydrogen) atoms. The number of imidazole rings is 1. The third-order valence-corrected chi connectivity index (χ3v) is 2.94. The Hall–Kier alpha value is -2.47. The van der Waals surface area contributed by atoms with E-state index in [2.05, 4.69) is 20.3 Å².